The third kappa shape index (κ3) is 5.21. The third-order valence-corrected chi connectivity index (χ3v) is 8.09. The zero-order chi connectivity index (χ0) is 16.4. The number of hydrogen-bond acceptors (Lipinski definition) is 3. The Labute approximate surface area is 136 Å². The molecule has 0 amide bonds. The van der Waals surface area contributed by atoms with Crippen molar-refractivity contribution in [2.24, 2.45) is 5.92 Å². The lowest BCUT2D eigenvalue weighted by Crippen LogP contribution is -2.42. The quantitative estimate of drug-likeness (QED) is 0.771. The summed E-state index contributed by atoms with van der Waals surface area (Å²) in [5.74, 6) is 1.20. The van der Waals surface area contributed by atoms with Gasteiger partial charge in [0.1, 0.15) is 0 Å². The first-order chi connectivity index (χ1) is 10.2. The normalized spacial score (nSPS) is 20.7. The minimum Gasteiger partial charge on any atom is -0.301 e. The van der Waals surface area contributed by atoms with E-state index in [2.05, 4.69) is 55.7 Å². The Morgan fingerprint density at radius 1 is 1.09 bits per heavy atom. The van der Waals surface area contributed by atoms with E-state index in [1.807, 2.05) is 0 Å². The van der Waals surface area contributed by atoms with Crippen LogP contribution in [0.2, 0.25) is 19.6 Å². The average Bonchev–Trinajstić information content (AvgIpc) is 2.41. The minimum absolute atomic E-state index is 0.324. The van der Waals surface area contributed by atoms with Gasteiger partial charge in [0.25, 0.3) is 0 Å². The number of nitrogens with zero attached hydrogens (tertiary/aromatic N) is 1. The van der Waals surface area contributed by atoms with Crippen molar-refractivity contribution in [3.05, 3.63) is 29.8 Å². The third-order valence-electron chi connectivity index (χ3n) is 4.41. The molecule has 0 radical (unpaired) electrons. The van der Waals surface area contributed by atoms with E-state index in [0.29, 0.717) is 30.5 Å². The molecule has 0 spiro atoms. The summed E-state index contributed by atoms with van der Waals surface area (Å²) < 4.78 is 22.9. The van der Waals surface area contributed by atoms with E-state index in [0.717, 1.165) is 13.0 Å². The lowest BCUT2D eigenvalue weighted by Gasteiger charge is -2.29. The summed E-state index contributed by atoms with van der Waals surface area (Å²) in [6, 6.07) is 9.12. The maximum atomic E-state index is 11.5. The first-order valence-electron chi connectivity index (χ1n) is 8.18. The molecule has 22 heavy (non-hydrogen) atoms. The first kappa shape index (κ1) is 17.7. The summed E-state index contributed by atoms with van der Waals surface area (Å²) >= 11 is 0. The van der Waals surface area contributed by atoms with Crippen LogP contribution in [-0.4, -0.2) is 52.5 Å². The molecule has 1 heterocycles. The molecule has 0 aromatic heterocycles. The van der Waals surface area contributed by atoms with Gasteiger partial charge in [0, 0.05) is 19.6 Å². The highest BCUT2D eigenvalue weighted by molar-refractivity contribution is 7.91. The molecule has 0 bridgehead atoms. The van der Waals surface area contributed by atoms with Crippen LogP contribution in [0.4, 0.5) is 0 Å². The highest BCUT2D eigenvalue weighted by Gasteiger charge is 2.22. The van der Waals surface area contributed by atoms with Gasteiger partial charge in [-0.05, 0) is 17.9 Å². The maximum Gasteiger partial charge on any atom is 0.152 e. The highest BCUT2D eigenvalue weighted by Crippen LogP contribution is 2.13. The van der Waals surface area contributed by atoms with E-state index in [1.165, 1.54) is 10.8 Å². The molecule has 124 valence electrons. The van der Waals surface area contributed by atoms with Crippen LogP contribution < -0.4 is 5.19 Å². The summed E-state index contributed by atoms with van der Waals surface area (Å²) in [6.07, 6.45) is 1.06. The van der Waals surface area contributed by atoms with Gasteiger partial charge in [0.2, 0.25) is 0 Å². The molecule has 1 aromatic carbocycles. The minimum atomic E-state index is -2.77. The molecule has 1 atom stereocenters. The maximum absolute atomic E-state index is 11.5. The van der Waals surface area contributed by atoms with E-state index in [1.54, 1.807) is 0 Å². The van der Waals surface area contributed by atoms with Crippen molar-refractivity contribution in [3.8, 4) is 0 Å². The van der Waals surface area contributed by atoms with Gasteiger partial charge in [0.15, 0.2) is 9.84 Å². The van der Waals surface area contributed by atoms with Gasteiger partial charge >= 0.3 is 0 Å². The van der Waals surface area contributed by atoms with Crippen molar-refractivity contribution in [2.45, 2.75) is 33.0 Å². The van der Waals surface area contributed by atoms with Gasteiger partial charge in [-0.15, -0.1) is 0 Å². The van der Waals surface area contributed by atoms with Gasteiger partial charge in [-0.2, -0.15) is 0 Å². The summed E-state index contributed by atoms with van der Waals surface area (Å²) in [5.41, 5.74) is 1.39. The fourth-order valence-corrected chi connectivity index (χ4v) is 5.42. The van der Waals surface area contributed by atoms with E-state index in [9.17, 15) is 8.42 Å². The van der Waals surface area contributed by atoms with Crippen LogP contribution in [0.15, 0.2) is 24.3 Å². The van der Waals surface area contributed by atoms with Crippen LogP contribution in [0.3, 0.4) is 0 Å². The lowest BCUT2D eigenvalue weighted by atomic mass is 10.0. The lowest BCUT2D eigenvalue weighted by molar-refractivity contribution is 0.254. The van der Waals surface area contributed by atoms with Crippen LogP contribution in [-0.2, 0) is 16.3 Å². The Bertz CT molecular complexity index is 576. The van der Waals surface area contributed by atoms with Crippen LogP contribution >= 0.6 is 0 Å². The second-order valence-corrected chi connectivity index (χ2v) is 15.1. The van der Waals surface area contributed by atoms with Crippen molar-refractivity contribution in [2.75, 3.05) is 31.1 Å². The highest BCUT2D eigenvalue weighted by atomic mass is 32.2. The zero-order valence-electron chi connectivity index (χ0n) is 14.3. The smallest absolute Gasteiger partial charge is 0.152 e. The summed E-state index contributed by atoms with van der Waals surface area (Å²) in [6.45, 7) is 11.8. The molecular formula is C17H29NO2SSi. The molecule has 1 fully saturated rings. The molecule has 3 nitrogen and oxygen atoms in total. The van der Waals surface area contributed by atoms with E-state index < -0.39 is 17.9 Å². The van der Waals surface area contributed by atoms with Gasteiger partial charge < -0.3 is 4.90 Å². The molecule has 1 unspecified atom stereocenters. The number of rotatable bonds is 5. The van der Waals surface area contributed by atoms with Crippen LogP contribution in [0, 0.1) is 5.92 Å². The number of sulfone groups is 1. The molecule has 1 saturated heterocycles. The van der Waals surface area contributed by atoms with Crippen molar-refractivity contribution < 1.29 is 8.42 Å². The Balaban J connectivity index is 1.86. The monoisotopic (exact) mass is 339 g/mol. The van der Waals surface area contributed by atoms with Crippen LogP contribution in [0.1, 0.15) is 12.5 Å². The molecule has 0 N–H and O–H groups in total. The van der Waals surface area contributed by atoms with Crippen LogP contribution in [0.25, 0.3) is 0 Å². The summed E-state index contributed by atoms with van der Waals surface area (Å²) in [7, 11) is -3.98. The van der Waals surface area contributed by atoms with Crippen LogP contribution in [0.5, 0.6) is 0 Å². The van der Waals surface area contributed by atoms with Gasteiger partial charge in [-0.25, -0.2) is 8.42 Å². The molecular weight excluding hydrogens is 310 g/mol. The molecule has 1 aliphatic rings. The first-order valence-corrected chi connectivity index (χ1v) is 13.5. The Morgan fingerprint density at radius 3 is 2.14 bits per heavy atom. The standard InChI is InChI=1S/C17H29NO2SSi/c1-15(14-18-9-11-21(19,20)12-10-18)13-16-5-7-17(8-6-16)22(2,3)4/h5-8,15H,9-14H2,1-4H3. The SMILES string of the molecule is CC(Cc1ccc([Si](C)(C)C)cc1)CN1CCS(=O)(=O)CC1. The van der Waals surface area contributed by atoms with Crippen molar-refractivity contribution in [1.29, 1.82) is 0 Å². The fourth-order valence-electron chi connectivity index (χ4n) is 2.98. The van der Waals surface area contributed by atoms with Crippen molar-refractivity contribution >= 4 is 23.1 Å². The summed E-state index contributed by atoms with van der Waals surface area (Å²) in [4.78, 5) is 2.29. The van der Waals surface area contributed by atoms with E-state index in [-0.39, 0.29) is 0 Å². The number of hydrogen-bond donors (Lipinski definition) is 0. The predicted molar refractivity (Wildman–Crippen MR) is 97.4 cm³/mol. The molecule has 1 aromatic rings. The second-order valence-electron chi connectivity index (χ2n) is 7.71. The molecule has 0 aliphatic carbocycles. The Kier molecular flexibility index (Phi) is 5.51. The van der Waals surface area contributed by atoms with Gasteiger partial charge in [0.05, 0.1) is 19.6 Å². The Morgan fingerprint density at radius 2 is 1.64 bits per heavy atom. The molecule has 5 heteroatoms. The Hall–Kier alpha value is -0.653. The summed E-state index contributed by atoms with van der Waals surface area (Å²) in [5, 5.41) is 1.50. The molecule has 2 rings (SSSR count). The van der Waals surface area contributed by atoms with Crippen molar-refractivity contribution in [3.63, 3.8) is 0 Å². The largest absolute Gasteiger partial charge is 0.301 e. The van der Waals surface area contributed by atoms with E-state index >= 15 is 0 Å². The average molecular weight is 340 g/mol. The zero-order valence-corrected chi connectivity index (χ0v) is 16.1. The molecule has 1 aliphatic heterocycles. The molecule has 0 saturated carbocycles. The van der Waals surface area contributed by atoms with Gasteiger partial charge in [-0.1, -0.05) is 56.0 Å². The van der Waals surface area contributed by atoms with Crippen molar-refractivity contribution in [1.82, 2.24) is 4.90 Å². The topological polar surface area (TPSA) is 37.4 Å². The van der Waals surface area contributed by atoms with Gasteiger partial charge in [-0.3, -0.25) is 0 Å². The predicted octanol–water partition coefficient (Wildman–Crippen LogP) is 2.14. The fraction of sp³-hybridized carbons (Fsp3) is 0.647. The second kappa shape index (κ2) is 6.85. The van der Waals surface area contributed by atoms with E-state index in [4.69, 9.17) is 0 Å². The number of benzene rings is 1.